The van der Waals surface area contributed by atoms with Crippen molar-refractivity contribution in [2.45, 2.75) is 25.7 Å². The van der Waals surface area contributed by atoms with Crippen molar-refractivity contribution in [1.82, 2.24) is 4.98 Å². The van der Waals surface area contributed by atoms with Crippen LogP contribution in [0.1, 0.15) is 30.3 Å². The molecule has 0 saturated heterocycles. The summed E-state index contributed by atoms with van der Waals surface area (Å²) < 4.78 is 30.8. The number of aromatic nitrogens is 1. The van der Waals surface area contributed by atoms with Gasteiger partial charge in [0.15, 0.2) is 0 Å². The Morgan fingerprint density at radius 2 is 2.22 bits per heavy atom. The number of carbonyl (C=O) groups is 1. The molecule has 3 nitrogen and oxygen atoms in total. The van der Waals surface area contributed by atoms with E-state index in [9.17, 15) is 13.6 Å². The lowest BCUT2D eigenvalue weighted by Crippen LogP contribution is -2.12. The zero-order valence-electron chi connectivity index (χ0n) is 9.55. The molecule has 1 heterocycles. The van der Waals surface area contributed by atoms with Crippen LogP contribution in [0.3, 0.4) is 0 Å². The molecule has 100 valence electrons. The first-order chi connectivity index (χ1) is 8.49. The minimum Gasteiger partial charge on any atom is -0.466 e. The maximum absolute atomic E-state index is 12.8. The van der Waals surface area contributed by atoms with E-state index in [4.69, 9.17) is 16.3 Å². The van der Waals surface area contributed by atoms with Gasteiger partial charge in [-0.15, -0.1) is 11.6 Å². The third-order valence-corrected chi connectivity index (χ3v) is 3.08. The van der Waals surface area contributed by atoms with Gasteiger partial charge in [0, 0.05) is 10.0 Å². The summed E-state index contributed by atoms with van der Waals surface area (Å²) in [5.41, 5.74) is 0.131. The molecular weight excluding hydrogens is 331 g/mol. The Morgan fingerprint density at radius 1 is 1.56 bits per heavy atom. The van der Waals surface area contributed by atoms with E-state index in [1.807, 2.05) is 0 Å². The highest BCUT2D eigenvalue weighted by Gasteiger charge is 2.19. The lowest BCUT2D eigenvalue weighted by molar-refractivity contribution is -0.142. The lowest BCUT2D eigenvalue weighted by Gasteiger charge is -2.10. The first-order valence-electron chi connectivity index (χ1n) is 5.17. The van der Waals surface area contributed by atoms with Crippen LogP contribution in [0.2, 0.25) is 0 Å². The summed E-state index contributed by atoms with van der Waals surface area (Å²) in [6, 6.07) is 1.24. The van der Waals surface area contributed by atoms with Gasteiger partial charge in [0.25, 0.3) is 6.43 Å². The van der Waals surface area contributed by atoms with Gasteiger partial charge >= 0.3 is 5.97 Å². The first kappa shape index (κ1) is 15.3. The van der Waals surface area contributed by atoms with Crippen molar-refractivity contribution < 1.29 is 18.3 Å². The number of nitrogens with zero attached hydrogens (tertiary/aromatic N) is 1. The van der Waals surface area contributed by atoms with Crippen LogP contribution >= 0.6 is 27.5 Å². The van der Waals surface area contributed by atoms with Crippen LogP contribution < -0.4 is 0 Å². The number of hydrogen-bond donors (Lipinski definition) is 0. The molecule has 0 aliphatic carbocycles. The first-order valence-corrected chi connectivity index (χ1v) is 6.50. The molecule has 0 atom stereocenters. The second-order valence-corrected chi connectivity index (χ2v) is 4.49. The number of rotatable bonds is 5. The Hall–Kier alpha value is -0.750. The predicted molar refractivity (Wildman–Crippen MR) is 66.8 cm³/mol. The molecule has 0 aliphatic heterocycles. The lowest BCUT2D eigenvalue weighted by atomic mass is 10.1. The fourth-order valence-corrected chi connectivity index (χ4v) is 2.20. The van der Waals surface area contributed by atoms with Crippen LogP contribution in [0.15, 0.2) is 10.5 Å². The van der Waals surface area contributed by atoms with Gasteiger partial charge < -0.3 is 4.74 Å². The quantitative estimate of drug-likeness (QED) is 0.606. The summed E-state index contributed by atoms with van der Waals surface area (Å²) in [7, 11) is 0. The standard InChI is InChI=1S/C11H11BrClF2NO2/c1-2-18-10(17)4-8-6(11(14)15)3-7(12)9(5-13)16-8/h3,11H,2,4-5H2,1H3. The van der Waals surface area contributed by atoms with E-state index >= 15 is 0 Å². The normalized spacial score (nSPS) is 10.8. The summed E-state index contributed by atoms with van der Waals surface area (Å²) in [4.78, 5) is 15.3. The molecule has 0 aromatic carbocycles. The fraction of sp³-hybridized carbons (Fsp3) is 0.455. The highest BCUT2D eigenvalue weighted by Crippen LogP contribution is 2.28. The summed E-state index contributed by atoms with van der Waals surface area (Å²) in [6.45, 7) is 1.84. The summed E-state index contributed by atoms with van der Waals surface area (Å²) >= 11 is 8.75. The maximum atomic E-state index is 12.8. The average molecular weight is 343 g/mol. The van der Waals surface area contributed by atoms with E-state index < -0.39 is 12.4 Å². The molecule has 0 amide bonds. The van der Waals surface area contributed by atoms with Crippen LogP contribution in [0.5, 0.6) is 0 Å². The van der Waals surface area contributed by atoms with Crippen molar-refractivity contribution in [1.29, 1.82) is 0 Å². The third kappa shape index (κ3) is 3.88. The van der Waals surface area contributed by atoms with Crippen LogP contribution in [-0.2, 0) is 21.8 Å². The molecule has 1 aromatic heterocycles. The molecule has 1 aromatic rings. The van der Waals surface area contributed by atoms with E-state index in [0.717, 1.165) is 0 Å². The van der Waals surface area contributed by atoms with Crippen LogP contribution in [0.4, 0.5) is 8.78 Å². The molecule has 0 aliphatic rings. The van der Waals surface area contributed by atoms with E-state index in [1.165, 1.54) is 6.07 Å². The van der Waals surface area contributed by atoms with Crippen LogP contribution in [0, 0.1) is 0 Å². The topological polar surface area (TPSA) is 39.2 Å². The van der Waals surface area contributed by atoms with E-state index in [0.29, 0.717) is 10.2 Å². The Morgan fingerprint density at radius 3 is 2.72 bits per heavy atom. The zero-order valence-corrected chi connectivity index (χ0v) is 11.9. The smallest absolute Gasteiger partial charge is 0.311 e. The minimum atomic E-state index is -2.71. The SMILES string of the molecule is CCOC(=O)Cc1nc(CCl)c(Br)cc1C(F)F. The zero-order chi connectivity index (χ0) is 13.7. The van der Waals surface area contributed by atoms with Crippen molar-refractivity contribution in [2.75, 3.05) is 6.61 Å². The van der Waals surface area contributed by atoms with Crippen molar-refractivity contribution in [3.05, 3.63) is 27.5 Å². The molecule has 0 saturated carbocycles. The molecule has 0 bridgehead atoms. The molecule has 0 radical (unpaired) electrons. The van der Waals surface area contributed by atoms with Crippen LogP contribution in [0.25, 0.3) is 0 Å². The second-order valence-electron chi connectivity index (χ2n) is 3.37. The summed E-state index contributed by atoms with van der Waals surface area (Å²) in [5, 5.41) is 0. The number of ether oxygens (including phenoxy) is 1. The van der Waals surface area contributed by atoms with Gasteiger partial charge in [-0.25, -0.2) is 8.78 Å². The van der Waals surface area contributed by atoms with Crippen molar-refractivity contribution in [2.24, 2.45) is 0 Å². The Kier molecular flexibility index (Phi) is 5.95. The highest BCUT2D eigenvalue weighted by molar-refractivity contribution is 9.10. The molecule has 0 unspecified atom stereocenters. The van der Waals surface area contributed by atoms with Gasteiger partial charge in [0.1, 0.15) is 0 Å². The van der Waals surface area contributed by atoms with Gasteiger partial charge in [-0.1, -0.05) is 0 Å². The number of esters is 1. The molecule has 0 N–H and O–H groups in total. The third-order valence-electron chi connectivity index (χ3n) is 2.14. The van der Waals surface area contributed by atoms with Gasteiger partial charge in [0.05, 0.1) is 30.3 Å². The van der Waals surface area contributed by atoms with Crippen molar-refractivity contribution in [3.8, 4) is 0 Å². The number of pyridine rings is 1. The van der Waals surface area contributed by atoms with Crippen molar-refractivity contribution in [3.63, 3.8) is 0 Å². The van der Waals surface area contributed by atoms with Crippen molar-refractivity contribution >= 4 is 33.5 Å². The van der Waals surface area contributed by atoms with Crippen LogP contribution in [-0.4, -0.2) is 17.6 Å². The van der Waals surface area contributed by atoms with E-state index in [-0.39, 0.29) is 30.2 Å². The highest BCUT2D eigenvalue weighted by atomic mass is 79.9. The number of carbonyl (C=O) groups excluding carboxylic acids is 1. The number of hydrogen-bond acceptors (Lipinski definition) is 3. The van der Waals surface area contributed by atoms with Gasteiger partial charge in [-0.3, -0.25) is 9.78 Å². The van der Waals surface area contributed by atoms with Gasteiger partial charge in [-0.05, 0) is 28.9 Å². The molecule has 7 heteroatoms. The number of halogens is 4. The minimum absolute atomic E-state index is 0.00213. The summed E-state index contributed by atoms with van der Waals surface area (Å²) in [6.07, 6.45) is -2.99. The van der Waals surface area contributed by atoms with E-state index in [2.05, 4.69) is 20.9 Å². The Labute approximate surface area is 117 Å². The predicted octanol–water partition coefficient (Wildman–Crippen LogP) is 3.63. The molecule has 1 rings (SSSR count). The average Bonchev–Trinajstić information content (AvgIpc) is 2.30. The fourth-order valence-electron chi connectivity index (χ4n) is 1.36. The molecule has 18 heavy (non-hydrogen) atoms. The van der Waals surface area contributed by atoms with Gasteiger partial charge in [-0.2, -0.15) is 0 Å². The second kappa shape index (κ2) is 6.99. The van der Waals surface area contributed by atoms with E-state index in [1.54, 1.807) is 6.92 Å². The molecule has 0 fully saturated rings. The monoisotopic (exact) mass is 341 g/mol. The maximum Gasteiger partial charge on any atom is 0.311 e. The number of alkyl halides is 3. The molecule has 0 spiro atoms. The molecular formula is C11H11BrClF2NO2. The summed E-state index contributed by atoms with van der Waals surface area (Å²) in [5.74, 6) is -0.519. The largest absolute Gasteiger partial charge is 0.466 e. The Bertz CT molecular complexity index is 443. The Balaban J connectivity index is 3.10. The van der Waals surface area contributed by atoms with Gasteiger partial charge in [0.2, 0.25) is 0 Å².